The van der Waals surface area contributed by atoms with Gasteiger partial charge in [0.15, 0.2) is 5.84 Å². The molecule has 0 aliphatic carbocycles. The van der Waals surface area contributed by atoms with E-state index in [4.69, 9.17) is 9.57 Å². The summed E-state index contributed by atoms with van der Waals surface area (Å²) in [5.41, 5.74) is 4.28. The molecular formula is C19H21N3O3. The molecular weight excluding hydrogens is 318 g/mol. The summed E-state index contributed by atoms with van der Waals surface area (Å²) >= 11 is 0. The number of ether oxygens (including phenoxy) is 1. The lowest BCUT2D eigenvalue weighted by Gasteiger charge is -2.31. The average Bonchev–Trinajstić information content (AvgIpc) is 2.90. The van der Waals surface area contributed by atoms with Gasteiger partial charge in [-0.1, -0.05) is 41.6 Å². The first kappa shape index (κ1) is 16.8. The molecule has 0 aromatic heterocycles. The van der Waals surface area contributed by atoms with Gasteiger partial charge in [-0.25, -0.2) is 5.01 Å². The molecule has 0 atom stereocenters. The van der Waals surface area contributed by atoms with Gasteiger partial charge in [-0.3, -0.25) is 10.2 Å². The van der Waals surface area contributed by atoms with Crippen LogP contribution in [0.1, 0.15) is 35.3 Å². The van der Waals surface area contributed by atoms with Crippen molar-refractivity contribution in [1.82, 2.24) is 10.4 Å². The molecule has 0 fully saturated rings. The second-order valence-electron chi connectivity index (χ2n) is 6.23. The predicted molar refractivity (Wildman–Crippen MR) is 95.2 cm³/mol. The van der Waals surface area contributed by atoms with Crippen molar-refractivity contribution >= 4 is 11.7 Å². The normalized spacial score (nSPS) is 15.4. The lowest BCUT2D eigenvalue weighted by Crippen LogP contribution is -2.54. The molecule has 1 heterocycles. The SMILES string of the molecule is COc1cccc(C(=O)NN2C(c3ccccc3)=NOC2(C)C)c1C. The van der Waals surface area contributed by atoms with Crippen molar-refractivity contribution < 1.29 is 14.4 Å². The second kappa shape index (κ2) is 6.47. The summed E-state index contributed by atoms with van der Waals surface area (Å²) in [7, 11) is 1.58. The maximum absolute atomic E-state index is 12.8. The third-order valence-corrected chi connectivity index (χ3v) is 4.10. The van der Waals surface area contributed by atoms with Crippen LogP contribution < -0.4 is 10.2 Å². The van der Waals surface area contributed by atoms with Crippen LogP contribution in [0.5, 0.6) is 5.75 Å². The van der Waals surface area contributed by atoms with Gasteiger partial charge in [0.05, 0.1) is 7.11 Å². The first-order valence-electron chi connectivity index (χ1n) is 8.00. The highest BCUT2D eigenvalue weighted by Gasteiger charge is 2.40. The van der Waals surface area contributed by atoms with Gasteiger partial charge >= 0.3 is 0 Å². The van der Waals surface area contributed by atoms with Crippen molar-refractivity contribution in [2.45, 2.75) is 26.5 Å². The van der Waals surface area contributed by atoms with E-state index in [-0.39, 0.29) is 5.91 Å². The van der Waals surface area contributed by atoms with Crippen molar-refractivity contribution in [2.24, 2.45) is 5.16 Å². The molecule has 0 saturated heterocycles. The standard InChI is InChI=1S/C19H21N3O3/c1-13-15(11-8-12-16(13)24-4)18(23)20-22-17(21-25-19(22,2)3)14-9-6-5-7-10-14/h5-12H,1-4H3,(H,20,23). The molecule has 0 saturated carbocycles. The number of amidine groups is 1. The van der Waals surface area contributed by atoms with E-state index in [0.29, 0.717) is 17.1 Å². The van der Waals surface area contributed by atoms with E-state index in [2.05, 4.69) is 10.6 Å². The van der Waals surface area contributed by atoms with Crippen LogP contribution in [0.15, 0.2) is 53.7 Å². The molecule has 130 valence electrons. The number of carbonyl (C=O) groups is 1. The molecule has 0 radical (unpaired) electrons. The van der Waals surface area contributed by atoms with Crippen molar-refractivity contribution in [1.29, 1.82) is 0 Å². The van der Waals surface area contributed by atoms with Crippen molar-refractivity contribution in [3.8, 4) is 5.75 Å². The highest BCUT2D eigenvalue weighted by molar-refractivity contribution is 6.03. The molecule has 3 rings (SSSR count). The molecule has 1 aliphatic heterocycles. The van der Waals surface area contributed by atoms with Crippen LogP contribution in [-0.2, 0) is 4.84 Å². The Kier molecular flexibility index (Phi) is 4.35. The number of amides is 1. The minimum absolute atomic E-state index is 0.251. The van der Waals surface area contributed by atoms with Gasteiger partial charge in [0.1, 0.15) is 5.75 Å². The zero-order valence-electron chi connectivity index (χ0n) is 14.7. The largest absolute Gasteiger partial charge is 0.496 e. The molecule has 6 nitrogen and oxygen atoms in total. The van der Waals surface area contributed by atoms with E-state index < -0.39 is 5.72 Å². The minimum Gasteiger partial charge on any atom is -0.496 e. The number of rotatable bonds is 4. The lowest BCUT2D eigenvalue weighted by molar-refractivity contribution is -0.0824. The van der Waals surface area contributed by atoms with Gasteiger partial charge in [0.25, 0.3) is 5.91 Å². The Hall–Kier alpha value is -3.02. The zero-order valence-corrected chi connectivity index (χ0v) is 14.7. The van der Waals surface area contributed by atoms with Crippen LogP contribution >= 0.6 is 0 Å². The molecule has 1 amide bonds. The maximum Gasteiger partial charge on any atom is 0.270 e. The topological polar surface area (TPSA) is 63.2 Å². The number of nitrogens with zero attached hydrogens (tertiary/aromatic N) is 2. The number of hydrazine groups is 1. The fraction of sp³-hybridized carbons (Fsp3) is 0.263. The summed E-state index contributed by atoms with van der Waals surface area (Å²) < 4.78 is 5.30. The molecule has 2 aromatic carbocycles. The summed E-state index contributed by atoms with van der Waals surface area (Å²) in [6.45, 7) is 5.53. The number of hydrogen-bond acceptors (Lipinski definition) is 5. The van der Waals surface area contributed by atoms with Crippen molar-refractivity contribution in [2.75, 3.05) is 7.11 Å². The summed E-state index contributed by atoms with van der Waals surface area (Å²) in [6.07, 6.45) is 0. The van der Waals surface area contributed by atoms with Gasteiger partial charge in [-0.05, 0) is 32.9 Å². The number of hydrogen-bond donors (Lipinski definition) is 1. The van der Waals surface area contributed by atoms with Crippen LogP contribution in [0.4, 0.5) is 0 Å². The van der Waals surface area contributed by atoms with E-state index in [1.165, 1.54) is 0 Å². The quantitative estimate of drug-likeness (QED) is 0.930. The summed E-state index contributed by atoms with van der Waals surface area (Å²) in [5.74, 6) is 0.972. The number of carbonyl (C=O) groups excluding carboxylic acids is 1. The fourth-order valence-electron chi connectivity index (χ4n) is 2.69. The number of methoxy groups -OCH3 is 1. The molecule has 25 heavy (non-hydrogen) atoms. The molecule has 0 unspecified atom stereocenters. The van der Waals surface area contributed by atoms with Crippen molar-refractivity contribution in [3.05, 3.63) is 65.2 Å². The highest BCUT2D eigenvalue weighted by atomic mass is 16.7. The Balaban J connectivity index is 1.90. The van der Waals surface area contributed by atoms with Gasteiger partial charge in [0.2, 0.25) is 5.72 Å². The molecule has 1 N–H and O–H groups in total. The molecule has 6 heteroatoms. The van der Waals surface area contributed by atoms with Crippen LogP contribution in [0.3, 0.4) is 0 Å². The summed E-state index contributed by atoms with van der Waals surface area (Å²) in [4.78, 5) is 18.3. The Morgan fingerprint density at radius 3 is 2.56 bits per heavy atom. The van der Waals surface area contributed by atoms with Crippen LogP contribution in [0.25, 0.3) is 0 Å². The number of nitrogens with one attached hydrogen (secondary N) is 1. The fourth-order valence-corrected chi connectivity index (χ4v) is 2.69. The zero-order chi connectivity index (χ0) is 18.0. The van der Waals surface area contributed by atoms with Crippen LogP contribution in [0.2, 0.25) is 0 Å². The summed E-state index contributed by atoms with van der Waals surface area (Å²) in [5, 5.41) is 5.79. The van der Waals surface area contributed by atoms with E-state index in [1.54, 1.807) is 24.3 Å². The van der Waals surface area contributed by atoms with Gasteiger partial charge in [-0.15, -0.1) is 0 Å². The van der Waals surface area contributed by atoms with Gasteiger partial charge in [0, 0.05) is 16.7 Å². The Morgan fingerprint density at radius 1 is 1.16 bits per heavy atom. The monoisotopic (exact) mass is 339 g/mol. The van der Waals surface area contributed by atoms with Gasteiger partial charge in [-0.2, -0.15) is 0 Å². The Labute approximate surface area is 147 Å². The Bertz CT molecular complexity index is 816. The van der Waals surface area contributed by atoms with E-state index in [1.807, 2.05) is 57.2 Å². The first-order chi connectivity index (χ1) is 11.9. The third kappa shape index (κ3) is 3.15. The molecule has 0 spiro atoms. The maximum atomic E-state index is 12.8. The minimum atomic E-state index is -0.798. The highest BCUT2D eigenvalue weighted by Crippen LogP contribution is 2.26. The smallest absolute Gasteiger partial charge is 0.270 e. The Morgan fingerprint density at radius 2 is 1.88 bits per heavy atom. The van der Waals surface area contributed by atoms with Crippen molar-refractivity contribution in [3.63, 3.8) is 0 Å². The lowest BCUT2D eigenvalue weighted by atomic mass is 10.1. The van der Waals surface area contributed by atoms with Gasteiger partial charge < -0.3 is 9.57 Å². The second-order valence-corrected chi connectivity index (χ2v) is 6.23. The third-order valence-electron chi connectivity index (χ3n) is 4.10. The first-order valence-corrected chi connectivity index (χ1v) is 8.00. The number of oxime groups is 1. The van der Waals surface area contributed by atoms with E-state index >= 15 is 0 Å². The molecule has 1 aliphatic rings. The van der Waals surface area contributed by atoms with E-state index in [9.17, 15) is 4.79 Å². The van der Waals surface area contributed by atoms with Crippen LogP contribution in [-0.4, -0.2) is 29.6 Å². The summed E-state index contributed by atoms with van der Waals surface area (Å²) in [6, 6.07) is 15.0. The van der Waals surface area contributed by atoms with Crippen LogP contribution in [0, 0.1) is 6.92 Å². The molecule has 2 aromatic rings. The predicted octanol–water partition coefficient (Wildman–Crippen LogP) is 3.08. The van der Waals surface area contributed by atoms with E-state index in [0.717, 1.165) is 11.1 Å². The average molecular weight is 339 g/mol. The number of benzene rings is 2. The molecule has 0 bridgehead atoms.